The summed E-state index contributed by atoms with van der Waals surface area (Å²) in [6.45, 7) is 7.39. The van der Waals surface area contributed by atoms with Gasteiger partial charge < -0.3 is 5.32 Å². The third-order valence-electron chi connectivity index (χ3n) is 2.97. The SMILES string of the molecule is CCCNC(CC)CS(=O)Cc1cccc(C)c1. The average Bonchev–Trinajstić information content (AvgIpc) is 2.34. The van der Waals surface area contributed by atoms with Crippen LogP contribution in [-0.4, -0.2) is 22.5 Å². The standard InChI is InChI=1S/C15H25NOS/c1-4-9-16-15(5-2)12-18(17)11-14-8-6-7-13(3)10-14/h6-8,10,15-16H,4-5,9,11-12H2,1-3H3. The number of nitrogens with one attached hydrogen (secondary N) is 1. The summed E-state index contributed by atoms with van der Waals surface area (Å²) in [4.78, 5) is 0. The average molecular weight is 267 g/mol. The van der Waals surface area contributed by atoms with Crippen molar-refractivity contribution in [2.24, 2.45) is 0 Å². The number of rotatable bonds is 8. The largest absolute Gasteiger partial charge is 0.313 e. The molecule has 1 N–H and O–H groups in total. The van der Waals surface area contributed by atoms with Gasteiger partial charge in [-0.1, -0.05) is 43.7 Å². The number of hydrogen-bond acceptors (Lipinski definition) is 2. The summed E-state index contributed by atoms with van der Waals surface area (Å²) in [5, 5.41) is 3.45. The van der Waals surface area contributed by atoms with Crippen molar-refractivity contribution in [2.45, 2.75) is 45.4 Å². The highest BCUT2D eigenvalue weighted by Crippen LogP contribution is 2.08. The normalized spacial score (nSPS) is 14.4. The van der Waals surface area contributed by atoms with Gasteiger partial charge in [0.25, 0.3) is 0 Å². The maximum Gasteiger partial charge on any atom is 0.0486 e. The van der Waals surface area contributed by atoms with Gasteiger partial charge in [0.05, 0.1) is 0 Å². The van der Waals surface area contributed by atoms with Crippen molar-refractivity contribution >= 4 is 10.8 Å². The zero-order chi connectivity index (χ0) is 13.4. The lowest BCUT2D eigenvalue weighted by molar-refractivity contribution is 0.533. The molecule has 0 aliphatic carbocycles. The van der Waals surface area contributed by atoms with Gasteiger partial charge in [-0.2, -0.15) is 0 Å². The molecule has 18 heavy (non-hydrogen) atoms. The van der Waals surface area contributed by atoms with E-state index in [4.69, 9.17) is 0 Å². The Kier molecular flexibility index (Phi) is 7.21. The van der Waals surface area contributed by atoms with Gasteiger partial charge in [0.15, 0.2) is 0 Å². The van der Waals surface area contributed by atoms with Gasteiger partial charge in [-0.15, -0.1) is 0 Å². The van der Waals surface area contributed by atoms with Gasteiger partial charge in [-0.25, -0.2) is 0 Å². The van der Waals surface area contributed by atoms with Crippen LogP contribution >= 0.6 is 0 Å². The van der Waals surface area contributed by atoms with E-state index in [0.717, 1.165) is 25.1 Å². The maximum absolute atomic E-state index is 12.1. The van der Waals surface area contributed by atoms with Crippen molar-refractivity contribution in [3.8, 4) is 0 Å². The van der Waals surface area contributed by atoms with Crippen LogP contribution in [0.4, 0.5) is 0 Å². The van der Waals surface area contributed by atoms with Gasteiger partial charge in [0, 0.05) is 28.3 Å². The first-order chi connectivity index (χ1) is 8.65. The van der Waals surface area contributed by atoms with Crippen LogP contribution in [0, 0.1) is 6.92 Å². The zero-order valence-electron chi connectivity index (χ0n) is 11.7. The van der Waals surface area contributed by atoms with Gasteiger partial charge >= 0.3 is 0 Å². The molecule has 1 rings (SSSR count). The Bertz CT molecular complexity index is 379. The zero-order valence-corrected chi connectivity index (χ0v) is 12.6. The molecule has 102 valence electrons. The molecular formula is C15H25NOS. The molecule has 0 saturated carbocycles. The van der Waals surface area contributed by atoms with E-state index < -0.39 is 10.8 Å². The number of aryl methyl sites for hydroxylation is 1. The van der Waals surface area contributed by atoms with Crippen LogP contribution in [0.2, 0.25) is 0 Å². The van der Waals surface area contributed by atoms with Gasteiger partial charge in [0.1, 0.15) is 0 Å². The molecule has 0 heterocycles. The van der Waals surface area contributed by atoms with E-state index in [1.807, 2.05) is 6.07 Å². The van der Waals surface area contributed by atoms with Crippen LogP contribution in [0.25, 0.3) is 0 Å². The van der Waals surface area contributed by atoms with Crippen molar-refractivity contribution in [3.63, 3.8) is 0 Å². The lowest BCUT2D eigenvalue weighted by Gasteiger charge is -2.16. The summed E-state index contributed by atoms with van der Waals surface area (Å²) in [5.74, 6) is 1.43. The fourth-order valence-electron chi connectivity index (χ4n) is 1.94. The van der Waals surface area contributed by atoms with Crippen molar-refractivity contribution in [3.05, 3.63) is 35.4 Å². The van der Waals surface area contributed by atoms with E-state index in [9.17, 15) is 4.21 Å². The topological polar surface area (TPSA) is 29.1 Å². The minimum Gasteiger partial charge on any atom is -0.313 e. The molecule has 3 heteroatoms. The van der Waals surface area contributed by atoms with Crippen LogP contribution in [0.1, 0.15) is 37.8 Å². The van der Waals surface area contributed by atoms with E-state index in [0.29, 0.717) is 11.8 Å². The van der Waals surface area contributed by atoms with Gasteiger partial charge in [-0.05, 0) is 31.9 Å². The number of benzene rings is 1. The van der Waals surface area contributed by atoms with Crippen LogP contribution in [0.5, 0.6) is 0 Å². The summed E-state index contributed by atoms with van der Waals surface area (Å²) in [6, 6.07) is 8.68. The molecule has 0 fully saturated rings. The smallest absolute Gasteiger partial charge is 0.0486 e. The molecule has 0 amide bonds. The Labute approximate surface area is 114 Å². The summed E-state index contributed by atoms with van der Waals surface area (Å²) >= 11 is 0. The molecule has 2 unspecified atom stereocenters. The third kappa shape index (κ3) is 5.78. The molecule has 0 radical (unpaired) electrons. The van der Waals surface area contributed by atoms with Crippen LogP contribution in [0.3, 0.4) is 0 Å². The van der Waals surface area contributed by atoms with Gasteiger partial charge in [0.2, 0.25) is 0 Å². The quantitative estimate of drug-likeness (QED) is 0.784. The fourth-order valence-corrected chi connectivity index (χ4v) is 3.41. The second-order valence-corrected chi connectivity index (χ2v) is 6.30. The minimum absolute atomic E-state index is 0.385. The second kappa shape index (κ2) is 8.44. The second-order valence-electron chi connectivity index (χ2n) is 4.80. The summed E-state index contributed by atoms with van der Waals surface area (Å²) in [6.07, 6.45) is 2.17. The monoisotopic (exact) mass is 267 g/mol. The summed E-state index contributed by atoms with van der Waals surface area (Å²) < 4.78 is 12.1. The van der Waals surface area contributed by atoms with Crippen LogP contribution < -0.4 is 5.32 Å². The minimum atomic E-state index is -0.775. The van der Waals surface area contributed by atoms with Crippen molar-refractivity contribution in [1.82, 2.24) is 5.32 Å². The molecule has 1 aromatic rings. The highest BCUT2D eigenvalue weighted by atomic mass is 32.2. The molecule has 0 saturated heterocycles. The third-order valence-corrected chi connectivity index (χ3v) is 4.40. The van der Waals surface area contributed by atoms with E-state index in [1.165, 1.54) is 11.1 Å². The molecule has 1 aromatic carbocycles. The first-order valence-corrected chi connectivity index (χ1v) is 8.28. The number of hydrogen-bond donors (Lipinski definition) is 1. The molecule has 0 aromatic heterocycles. The predicted molar refractivity (Wildman–Crippen MR) is 80.3 cm³/mol. The van der Waals surface area contributed by atoms with E-state index >= 15 is 0 Å². The van der Waals surface area contributed by atoms with Gasteiger partial charge in [-0.3, -0.25) is 4.21 Å². The highest BCUT2D eigenvalue weighted by molar-refractivity contribution is 7.84. The Hall–Kier alpha value is -0.670. The molecule has 0 aliphatic heterocycles. The van der Waals surface area contributed by atoms with E-state index in [-0.39, 0.29) is 0 Å². The molecule has 0 aliphatic rings. The summed E-state index contributed by atoms with van der Waals surface area (Å²) in [7, 11) is -0.775. The van der Waals surface area contributed by atoms with Crippen LogP contribution in [0.15, 0.2) is 24.3 Å². The van der Waals surface area contributed by atoms with Crippen molar-refractivity contribution < 1.29 is 4.21 Å². The van der Waals surface area contributed by atoms with Crippen molar-refractivity contribution in [1.29, 1.82) is 0 Å². The lowest BCUT2D eigenvalue weighted by atomic mass is 10.2. The van der Waals surface area contributed by atoms with Crippen LogP contribution in [-0.2, 0) is 16.6 Å². The lowest BCUT2D eigenvalue weighted by Crippen LogP contribution is -2.34. The van der Waals surface area contributed by atoms with E-state index in [1.54, 1.807) is 0 Å². The fraction of sp³-hybridized carbons (Fsp3) is 0.600. The maximum atomic E-state index is 12.1. The molecular weight excluding hydrogens is 242 g/mol. The predicted octanol–water partition coefficient (Wildman–Crippen LogP) is 3.02. The molecule has 2 nitrogen and oxygen atoms in total. The Morgan fingerprint density at radius 1 is 1.33 bits per heavy atom. The first kappa shape index (κ1) is 15.4. The Balaban J connectivity index is 2.45. The molecule has 2 atom stereocenters. The van der Waals surface area contributed by atoms with Crippen molar-refractivity contribution in [2.75, 3.05) is 12.3 Å². The highest BCUT2D eigenvalue weighted by Gasteiger charge is 2.10. The molecule has 0 spiro atoms. The van der Waals surface area contributed by atoms with E-state index in [2.05, 4.69) is 44.3 Å². The Morgan fingerprint density at radius 3 is 2.72 bits per heavy atom. The molecule has 0 bridgehead atoms. The first-order valence-electron chi connectivity index (χ1n) is 6.79. The Morgan fingerprint density at radius 2 is 2.11 bits per heavy atom. The summed E-state index contributed by atoms with van der Waals surface area (Å²) in [5.41, 5.74) is 2.42.